The number of aryl methyl sites for hydroxylation is 1. The molecule has 0 spiro atoms. The minimum atomic E-state index is -0.107. The molecule has 134 valence electrons. The van der Waals surface area contributed by atoms with E-state index in [-0.39, 0.29) is 11.9 Å². The van der Waals surface area contributed by atoms with Gasteiger partial charge in [0.2, 0.25) is 0 Å². The van der Waals surface area contributed by atoms with Gasteiger partial charge in [-0.15, -0.1) is 0 Å². The molecule has 1 aliphatic heterocycles. The fraction of sp³-hybridized carbons (Fsp3) is 0.316. The Bertz CT molecular complexity index is 952. The summed E-state index contributed by atoms with van der Waals surface area (Å²) >= 11 is 0. The molecule has 1 unspecified atom stereocenters. The van der Waals surface area contributed by atoms with Crippen LogP contribution in [0.2, 0.25) is 0 Å². The number of ether oxygens (including phenoxy) is 1. The number of rotatable bonds is 3. The van der Waals surface area contributed by atoms with E-state index in [4.69, 9.17) is 4.74 Å². The SMILES string of the molecule is COc1ccc2nc(C(=O)N3CCNCC3c3nccn3C)ccc2c1. The number of fused-ring (bicyclic) bond motifs is 1. The van der Waals surface area contributed by atoms with E-state index >= 15 is 0 Å². The van der Waals surface area contributed by atoms with Gasteiger partial charge in [-0.2, -0.15) is 0 Å². The number of aromatic nitrogens is 3. The van der Waals surface area contributed by atoms with Crippen LogP contribution in [0.25, 0.3) is 10.9 Å². The van der Waals surface area contributed by atoms with E-state index in [2.05, 4.69) is 15.3 Å². The largest absolute Gasteiger partial charge is 0.497 e. The molecule has 1 aromatic carbocycles. The van der Waals surface area contributed by atoms with Crippen molar-refractivity contribution in [2.75, 3.05) is 26.7 Å². The van der Waals surface area contributed by atoms with Crippen LogP contribution in [0.3, 0.4) is 0 Å². The minimum Gasteiger partial charge on any atom is -0.497 e. The molecule has 4 rings (SSSR count). The number of amides is 1. The maximum absolute atomic E-state index is 13.2. The predicted octanol–water partition coefficient (Wildman–Crippen LogP) is 1.76. The normalized spacial score (nSPS) is 17.5. The van der Waals surface area contributed by atoms with Crippen LogP contribution < -0.4 is 10.1 Å². The summed E-state index contributed by atoms with van der Waals surface area (Å²) in [4.78, 5) is 24.0. The van der Waals surface area contributed by atoms with Crippen molar-refractivity contribution in [3.05, 3.63) is 54.2 Å². The predicted molar refractivity (Wildman–Crippen MR) is 98.2 cm³/mol. The van der Waals surface area contributed by atoms with Crippen LogP contribution in [0.5, 0.6) is 5.75 Å². The van der Waals surface area contributed by atoms with Crippen molar-refractivity contribution >= 4 is 16.8 Å². The minimum absolute atomic E-state index is 0.0720. The van der Waals surface area contributed by atoms with Gasteiger partial charge in [-0.1, -0.05) is 6.07 Å². The summed E-state index contributed by atoms with van der Waals surface area (Å²) in [6.07, 6.45) is 3.66. The number of pyridine rings is 1. The third-order valence-corrected chi connectivity index (χ3v) is 4.78. The Morgan fingerprint density at radius 2 is 2.19 bits per heavy atom. The van der Waals surface area contributed by atoms with E-state index in [1.165, 1.54) is 0 Å². The molecule has 3 heterocycles. The lowest BCUT2D eigenvalue weighted by Gasteiger charge is -2.35. The van der Waals surface area contributed by atoms with Crippen LogP contribution in [0.4, 0.5) is 0 Å². The first kappa shape index (κ1) is 16.5. The third kappa shape index (κ3) is 2.90. The van der Waals surface area contributed by atoms with Crippen molar-refractivity contribution in [1.29, 1.82) is 0 Å². The summed E-state index contributed by atoms with van der Waals surface area (Å²) in [6, 6.07) is 9.23. The fourth-order valence-corrected chi connectivity index (χ4v) is 3.37. The Hall–Kier alpha value is -2.93. The second kappa shape index (κ2) is 6.76. The number of nitrogens with zero attached hydrogens (tertiary/aromatic N) is 4. The molecule has 2 aromatic heterocycles. The summed E-state index contributed by atoms with van der Waals surface area (Å²) in [7, 11) is 3.58. The van der Waals surface area contributed by atoms with Crippen molar-refractivity contribution in [3.8, 4) is 5.75 Å². The second-order valence-electron chi connectivity index (χ2n) is 6.37. The summed E-state index contributed by atoms with van der Waals surface area (Å²) in [5.41, 5.74) is 1.23. The Labute approximate surface area is 151 Å². The van der Waals surface area contributed by atoms with E-state index in [1.54, 1.807) is 19.4 Å². The van der Waals surface area contributed by atoms with Crippen LogP contribution >= 0.6 is 0 Å². The smallest absolute Gasteiger partial charge is 0.273 e. The Morgan fingerprint density at radius 1 is 1.31 bits per heavy atom. The highest BCUT2D eigenvalue weighted by Gasteiger charge is 2.31. The van der Waals surface area contributed by atoms with Crippen molar-refractivity contribution < 1.29 is 9.53 Å². The number of carbonyl (C=O) groups is 1. The standard InChI is InChI=1S/C19H21N5O2/c1-23-9-8-21-18(23)17-12-20-7-10-24(17)19(25)16-5-3-13-11-14(26-2)4-6-15(13)22-16/h3-6,8-9,11,17,20H,7,10,12H2,1-2H3. The molecule has 3 aromatic rings. The Kier molecular flexibility index (Phi) is 4.30. The molecule has 0 saturated carbocycles. The molecule has 1 N–H and O–H groups in total. The summed E-state index contributed by atoms with van der Waals surface area (Å²) in [6.45, 7) is 2.07. The molecule has 0 aliphatic carbocycles. The maximum atomic E-state index is 13.2. The summed E-state index contributed by atoms with van der Waals surface area (Å²) < 4.78 is 7.20. The van der Waals surface area contributed by atoms with Crippen LogP contribution in [0, 0.1) is 0 Å². The first-order valence-electron chi connectivity index (χ1n) is 8.61. The number of hydrogen-bond donors (Lipinski definition) is 1. The molecule has 1 aliphatic rings. The van der Waals surface area contributed by atoms with Gasteiger partial charge in [0.1, 0.15) is 23.3 Å². The first-order valence-corrected chi connectivity index (χ1v) is 8.61. The van der Waals surface area contributed by atoms with E-state index < -0.39 is 0 Å². The zero-order chi connectivity index (χ0) is 18.1. The van der Waals surface area contributed by atoms with E-state index in [0.29, 0.717) is 18.8 Å². The van der Waals surface area contributed by atoms with Gasteiger partial charge < -0.3 is 19.5 Å². The molecule has 7 nitrogen and oxygen atoms in total. The number of nitrogens with one attached hydrogen (secondary N) is 1. The van der Waals surface area contributed by atoms with Crippen LogP contribution in [0.15, 0.2) is 42.7 Å². The lowest BCUT2D eigenvalue weighted by atomic mass is 10.1. The highest BCUT2D eigenvalue weighted by atomic mass is 16.5. The number of imidazole rings is 1. The topological polar surface area (TPSA) is 72.3 Å². The third-order valence-electron chi connectivity index (χ3n) is 4.78. The van der Waals surface area contributed by atoms with Gasteiger partial charge in [-0.3, -0.25) is 4.79 Å². The van der Waals surface area contributed by atoms with Gasteiger partial charge in [-0.25, -0.2) is 9.97 Å². The van der Waals surface area contributed by atoms with Crippen molar-refractivity contribution in [3.63, 3.8) is 0 Å². The van der Waals surface area contributed by atoms with Gasteiger partial charge >= 0.3 is 0 Å². The lowest BCUT2D eigenvalue weighted by Crippen LogP contribution is -2.49. The second-order valence-corrected chi connectivity index (χ2v) is 6.37. The lowest BCUT2D eigenvalue weighted by molar-refractivity contribution is 0.0615. The van der Waals surface area contributed by atoms with Gasteiger partial charge in [0.05, 0.1) is 12.6 Å². The van der Waals surface area contributed by atoms with Gasteiger partial charge in [0, 0.05) is 44.5 Å². The van der Waals surface area contributed by atoms with Crippen molar-refractivity contribution in [2.45, 2.75) is 6.04 Å². The van der Waals surface area contributed by atoms with E-state index in [0.717, 1.165) is 29.0 Å². The van der Waals surface area contributed by atoms with Crippen LogP contribution in [-0.4, -0.2) is 52.1 Å². The fourth-order valence-electron chi connectivity index (χ4n) is 3.37. The van der Waals surface area contributed by atoms with Crippen LogP contribution in [0.1, 0.15) is 22.4 Å². The molecular formula is C19H21N5O2. The highest BCUT2D eigenvalue weighted by molar-refractivity contribution is 5.95. The van der Waals surface area contributed by atoms with Crippen molar-refractivity contribution in [1.82, 2.24) is 24.8 Å². The molecule has 26 heavy (non-hydrogen) atoms. The molecule has 0 bridgehead atoms. The zero-order valence-electron chi connectivity index (χ0n) is 14.8. The van der Waals surface area contributed by atoms with Gasteiger partial charge in [0.25, 0.3) is 5.91 Å². The van der Waals surface area contributed by atoms with Gasteiger partial charge in [0.15, 0.2) is 0 Å². The number of methoxy groups -OCH3 is 1. The summed E-state index contributed by atoms with van der Waals surface area (Å²) in [5, 5.41) is 4.29. The number of carbonyl (C=O) groups excluding carboxylic acids is 1. The van der Waals surface area contributed by atoms with E-state index in [9.17, 15) is 4.79 Å². The molecule has 1 fully saturated rings. The van der Waals surface area contributed by atoms with Gasteiger partial charge in [-0.05, 0) is 24.3 Å². The average molecular weight is 351 g/mol. The molecule has 1 atom stereocenters. The first-order chi connectivity index (χ1) is 12.7. The Morgan fingerprint density at radius 3 is 2.96 bits per heavy atom. The molecule has 1 saturated heterocycles. The molecule has 7 heteroatoms. The Balaban J connectivity index is 1.67. The maximum Gasteiger partial charge on any atom is 0.273 e. The average Bonchev–Trinajstić information content (AvgIpc) is 3.12. The number of piperazine rings is 1. The molecular weight excluding hydrogens is 330 g/mol. The van der Waals surface area contributed by atoms with Crippen LogP contribution in [-0.2, 0) is 7.05 Å². The quantitative estimate of drug-likeness (QED) is 0.779. The number of benzene rings is 1. The molecule has 0 radical (unpaired) electrons. The molecule has 1 amide bonds. The monoisotopic (exact) mass is 351 g/mol. The highest BCUT2D eigenvalue weighted by Crippen LogP contribution is 2.24. The number of hydrogen-bond acceptors (Lipinski definition) is 5. The zero-order valence-corrected chi connectivity index (χ0v) is 14.8. The van der Waals surface area contributed by atoms with Crippen molar-refractivity contribution in [2.24, 2.45) is 7.05 Å². The summed E-state index contributed by atoms with van der Waals surface area (Å²) in [5.74, 6) is 1.57. The van der Waals surface area contributed by atoms with E-state index in [1.807, 2.05) is 47.0 Å².